The van der Waals surface area contributed by atoms with E-state index in [0.717, 1.165) is 22.6 Å². The lowest BCUT2D eigenvalue weighted by Gasteiger charge is -2.17. The van der Waals surface area contributed by atoms with Crippen molar-refractivity contribution in [1.82, 2.24) is 9.88 Å². The van der Waals surface area contributed by atoms with Gasteiger partial charge in [0.1, 0.15) is 5.75 Å². The van der Waals surface area contributed by atoms with Gasteiger partial charge in [-0.15, -0.1) is 0 Å². The molecule has 2 atom stereocenters. The highest BCUT2D eigenvalue weighted by molar-refractivity contribution is 5.41. The molecule has 0 spiro atoms. The second kappa shape index (κ2) is 5.22. The van der Waals surface area contributed by atoms with E-state index in [0.29, 0.717) is 19.6 Å². The number of hydrogen-bond acceptors (Lipinski definition) is 5. The summed E-state index contributed by atoms with van der Waals surface area (Å²) in [5.74, 6) is 0.861. The summed E-state index contributed by atoms with van der Waals surface area (Å²) in [7, 11) is 1.66. The second-order valence-electron chi connectivity index (χ2n) is 4.87. The number of ether oxygens (including phenoxy) is 1. The van der Waals surface area contributed by atoms with Crippen LogP contribution in [0.15, 0.2) is 6.20 Å². The highest BCUT2D eigenvalue weighted by Crippen LogP contribution is 2.25. The number of aromatic nitrogens is 1. The van der Waals surface area contributed by atoms with E-state index in [1.165, 1.54) is 0 Å². The molecule has 0 radical (unpaired) electrons. The van der Waals surface area contributed by atoms with Gasteiger partial charge in [-0.25, -0.2) is 0 Å². The van der Waals surface area contributed by atoms with E-state index in [-0.39, 0.29) is 0 Å². The van der Waals surface area contributed by atoms with E-state index < -0.39 is 12.2 Å². The minimum absolute atomic E-state index is 0.485. The highest BCUT2D eigenvalue weighted by Gasteiger charge is 2.30. The van der Waals surface area contributed by atoms with Crippen molar-refractivity contribution in [1.29, 1.82) is 0 Å². The molecule has 0 unspecified atom stereocenters. The first-order valence-electron chi connectivity index (χ1n) is 6.10. The standard InChI is InChI=1S/C13H20N2O3/c1-8-4-14-10(9(2)13(8)18-3)5-15-6-11(16)12(17)7-15/h4,11-12,16-17H,5-7H2,1-3H3/t11-,12+. The molecule has 18 heavy (non-hydrogen) atoms. The number of β-amino-alcohol motifs (C(OH)–C–C–N with tert-alkyl or cyclic N) is 2. The molecule has 5 nitrogen and oxygen atoms in total. The SMILES string of the molecule is COc1c(C)cnc(CN2C[C@@H](O)[C@@H](O)C2)c1C. The number of hydrogen-bond donors (Lipinski definition) is 2. The molecule has 2 heterocycles. The summed E-state index contributed by atoms with van der Waals surface area (Å²) in [5, 5.41) is 19.0. The average Bonchev–Trinajstić information content (AvgIpc) is 2.63. The molecule has 1 aliphatic heterocycles. The van der Waals surface area contributed by atoms with Crippen molar-refractivity contribution in [2.45, 2.75) is 32.6 Å². The Labute approximate surface area is 107 Å². The molecule has 1 aliphatic rings. The minimum Gasteiger partial charge on any atom is -0.496 e. The first-order chi connectivity index (χ1) is 8.52. The summed E-state index contributed by atoms with van der Waals surface area (Å²) >= 11 is 0. The van der Waals surface area contributed by atoms with Crippen molar-refractivity contribution < 1.29 is 14.9 Å². The summed E-state index contributed by atoms with van der Waals surface area (Å²) in [5.41, 5.74) is 2.97. The Morgan fingerprint density at radius 3 is 2.50 bits per heavy atom. The largest absolute Gasteiger partial charge is 0.496 e. The summed E-state index contributed by atoms with van der Waals surface area (Å²) < 4.78 is 5.37. The minimum atomic E-state index is -0.655. The van der Waals surface area contributed by atoms with Crippen molar-refractivity contribution in [3.05, 3.63) is 23.0 Å². The van der Waals surface area contributed by atoms with Gasteiger partial charge in [0, 0.05) is 37.0 Å². The average molecular weight is 252 g/mol. The van der Waals surface area contributed by atoms with Crippen LogP contribution in [-0.4, -0.2) is 52.5 Å². The number of aliphatic hydroxyl groups is 2. The highest BCUT2D eigenvalue weighted by atomic mass is 16.5. The van der Waals surface area contributed by atoms with E-state index in [2.05, 4.69) is 4.98 Å². The van der Waals surface area contributed by atoms with Gasteiger partial charge in [-0.1, -0.05) is 0 Å². The van der Waals surface area contributed by atoms with Gasteiger partial charge < -0.3 is 14.9 Å². The lowest BCUT2D eigenvalue weighted by atomic mass is 10.1. The maximum absolute atomic E-state index is 9.52. The number of methoxy groups -OCH3 is 1. The molecule has 0 aliphatic carbocycles. The third-order valence-electron chi connectivity index (χ3n) is 3.46. The van der Waals surface area contributed by atoms with Crippen LogP contribution in [0.25, 0.3) is 0 Å². The molecule has 0 aromatic carbocycles. The zero-order chi connectivity index (χ0) is 13.3. The molecule has 100 valence electrons. The molecule has 1 fully saturated rings. The Kier molecular flexibility index (Phi) is 3.85. The fraction of sp³-hybridized carbons (Fsp3) is 0.615. The zero-order valence-electron chi connectivity index (χ0n) is 11.1. The van der Waals surface area contributed by atoms with E-state index in [4.69, 9.17) is 4.74 Å². The molecule has 2 N–H and O–H groups in total. The van der Waals surface area contributed by atoms with Crippen LogP contribution in [0.1, 0.15) is 16.8 Å². The number of pyridine rings is 1. The monoisotopic (exact) mass is 252 g/mol. The van der Waals surface area contributed by atoms with Gasteiger partial charge in [-0.3, -0.25) is 9.88 Å². The molecule has 1 aromatic heterocycles. The van der Waals surface area contributed by atoms with E-state index in [9.17, 15) is 10.2 Å². The molecule has 2 rings (SSSR count). The molecular formula is C13H20N2O3. The van der Waals surface area contributed by atoms with Gasteiger partial charge in [0.25, 0.3) is 0 Å². The predicted molar refractivity (Wildman–Crippen MR) is 67.6 cm³/mol. The van der Waals surface area contributed by atoms with Crippen LogP contribution in [-0.2, 0) is 6.54 Å². The van der Waals surface area contributed by atoms with Gasteiger partial charge in [-0.2, -0.15) is 0 Å². The third-order valence-corrected chi connectivity index (χ3v) is 3.46. The van der Waals surface area contributed by atoms with Gasteiger partial charge in [-0.05, 0) is 13.8 Å². The quantitative estimate of drug-likeness (QED) is 0.807. The lowest BCUT2D eigenvalue weighted by molar-refractivity contribution is 0.0572. The van der Waals surface area contributed by atoms with Gasteiger partial charge in [0.05, 0.1) is 25.0 Å². The van der Waals surface area contributed by atoms with Crippen molar-refractivity contribution in [3.63, 3.8) is 0 Å². The smallest absolute Gasteiger partial charge is 0.128 e. The molecule has 0 saturated carbocycles. The molecule has 0 amide bonds. The van der Waals surface area contributed by atoms with Crippen molar-refractivity contribution >= 4 is 0 Å². The number of aryl methyl sites for hydroxylation is 1. The van der Waals surface area contributed by atoms with Crippen molar-refractivity contribution in [3.8, 4) is 5.75 Å². The van der Waals surface area contributed by atoms with Crippen LogP contribution in [0.3, 0.4) is 0 Å². The van der Waals surface area contributed by atoms with E-state index >= 15 is 0 Å². The second-order valence-corrected chi connectivity index (χ2v) is 4.87. The Morgan fingerprint density at radius 1 is 1.33 bits per heavy atom. The van der Waals surface area contributed by atoms with Gasteiger partial charge >= 0.3 is 0 Å². The summed E-state index contributed by atoms with van der Waals surface area (Å²) in [6, 6.07) is 0. The fourth-order valence-electron chi connectivity index (χ4n) is 2.42. The topological polar surface area (TPSA) is 65.8 Å². The van der Waals surface area contributed by atoms with Crippen LogP contribution in [0.2, 0.25) is 0 Å². The summed E-state index contributed by atoms with van der Waals surface area (Å²) in [6.07, 6.45) is 0.486. The summed E-state index contributed by atoms with van der Waals surface area (Å²) in [4.78, 5) is 6.41. The van der Waals surface area contributed by atoms with Crippen molar-refractivity contribution in [2.24, 2.45) is 0 Å². The van der Waals surface area contributed by atoms with Crippen LogP contribution < -0.4 is 4.74 Å². The maximum Gasteiger partial charge on any atom is 0.128 e. The fourth-order valence-corrected chi connectivity index (χ4v) is 2.42. The first kappa shape index (κ1) is 13.3. The van der Waals surface area contributed by atoms with Crippen LogP contribution in [0.4, 0.5) is 0 Å². The Balaban J connectivity index is 2.15. The molecule has 1 saturated heterocycles. The number of likely N-dealkylation sites (tertiary alicyclic amines) is 1. The van der Waals surface area contributed by atoms with Crippen LogP contribution in [0.5, 0.6) is 5.75 Å². The van der Waals surface area contributed by atoms with Crippen LogP contribution >= 0.6 is 0 Å². The molecule has 5 heteroatoms. The first-order valence-corrected chi connectivity index (χ1v) is 6.10. The lowest BCUT2D eigenvalue weighted by Crippen LogP contribution is -2.22. The Bertz CT molecular complexity index is 426. The normalized spacial score (nSPS) is 24.5. The van der Waals surface area contributed by atoms with E-state index in [1.54, 1.807) is 13.3 Å². The Hall–Kier alpha value is -1.17. The molecular weight excluding hydrogens is 232 g/mol. The number of aliphatic hydroxyl groups excluding tert-OH is 2. The molecule has 1 aromatic rings. The van der Waals surface area contributed by atoms with Gasteiger partial charge in [0.15, 0.2) is 0 Å². The van der Waals surface area contributed by atoms with Gasteiger partial charge in [0.2, 0.25) is 0 Å². The molecule has 0 bridgehead atoms. The van der Waals surface area contributed by atoms with E-state index in [1.807, 2.05) is 18.7 Å². The number of rotatable bonds is 3. The van der Waals surface area contributed by atoms with Crippen LogP contribution in [0, 0.1) is 13.8 Å². The predicted octanol–water partition coefficient (Wildman–Crippen LogP) is 0.244. The Morgan fingerprint density at radius 2 is 1.94 bits per heavy atom. The van der Waals surface area contributed by atoms with Crippen molar-refractivity contribution in [2.75, 3.05) is 20.2 Å². The number of nitrogens with zero attached hydrogens (tertiary/aromatic N) is 2. The third kappa shape index (κ3) is 2.48. The zero-order valence-corrected chi connectivity index (χ0v) is 11.1. The maximum atomic E-state index is 9.52. The summed E-state index contributed by atoms with van der Waals surface area (Å²) in [6.45, 7) is 5.54.